The second kappa shape index (κ2) is 16.7. The molecule has 0 saturated carbocycles. The van der Waals surface area contributed by atoms with E-state index in [4.69, 9.17) is 5.11 Å². The fraction of sp³-hybridized carbons (Fsp3) is 0.760. The van der Waals surface area contributed by atoms with Crippen LogP contribution in [0.1, 0.15) is 52.9 Å². The van der Waals surface area contributed by atoms with Gasteiger partial charge in [0.1, 0.15) is 18.0 Å². The average Bonchev–Trinajstić information content (AvgIpc) is 3.26. The Balaban J connectivity index is 3.12. The number of halogens is 3. The van der Waals surface area contributed by atoms with Crippen molar-refractivity contribution in [2.24, 2.45) is 11.8 Å². The molecule has 0 radical (unpaired) electrons. The number of nitrogens with one attached hydrogen (secondary N) is 5. The van der Waals surface area contributed by atoms with Gasteiger partial charge in [0.15, 0.2) is 5.78 Å². The van der Waals surface area contributed by atoms with Gasteiger partial charge in [0, 0.05) is 19.6 Å². The number of Topliss-reactive ketones (excluding diaryl/α,β-unsaturated/α-hetero) is 1. The van der Waals surface area contributed by atoms with Gasteiger partial charge in [-0.2, -0.15) is 13.2 Å². The first-order valence-corrected chi connectivity index (χ1v) is 13.5. The number of alkyl halides is 3. The Labute approximate surface area is 236 Å². The van der Waals surface area contributed by atoms with E-state index in [2.05, 4.69) is 21.3 Å². The number of hydrogen-bond acceptors (Lipinski definition) is 7. The lowest BCUT2D eigenvalue weighted by atomic mass is 9.93. The third-order valence-corrected chi connectivity index (χ3v) is 6.19. The number of carbonyl (C=O) groups excluding carboxylic acids is 5. The summed E-state index contributed by atoms with van der Waals surface area (Å²) in [6, 6.07) is -4.38. The van der Waals surface area contributed by atoms with Gasteiger partial charge in [-0.3, -0.25) is 28.9 Å². The lowest BCUT2D eigenvalue weighted by molar-refractivity contribution is -0.145. The molecule has 0 aliphatic carbocycles. The van der Waals surface area contributed by atoms with Gasteiger partial charge in [-0.1, -0.05) is 27.2 Å². The summed E-state index contributed by atoms with van der Waals surface area (Å²) in [7, 11) is 1.05. The highest BCUT2D eigenvalue weighted by Gasteiger charge is 2.38. The summed E-state index contributed by atoms with van der Waals surface area (Å²) in [6.45, 7) is 3.92. The van der Waals surface area contributed by atoms with Gasteiger partial charge in [0.25, 0.3) is 0 Å². The first-order valence-electron chi connectivity index (χ1n) is 13.5. The van der Waals surface area contributed by atoms with E-state index in [1.54, 1.807) is 13.8 Å². The van der Waals surface area contributed by atoms with Gasteiger partial charge >= 0.3 is 12.3 Å². The number of nitrogens with zero attached hydrogens (tertiary/aromatic N) is 1. The topological polar surface area (TPSA) is 186 Å². The number of amides is 5. The third-order valence-electron chi connectivity index (χ3n) is 6.19. The molecule has 0 aromatic heterocycles. The highest BCUT2D eigenvalue weighted by Crippen LogP contribution is 2.17. The number of ketones is 1. The number of carboxylic acid groups (broad SMARTS) is 1. The zero-order valence-electron chi connectivity index (χ0n) is 23.7. The highest BCUT2D eigenvalue weighted by atomic mass is 19.4. The molecule has 234 valence electrons. The molecule has 41 heavy (non-hydrogen) atoms. The predicted octanol–water partition coefficient (Wildman–Crippen LogP) is 0.144. The first kappa shape index (κ1) is 35.6. The molecule has 1 aliphatic rings. The summed E-state index contributed by atoms with van der Waals surface area (Å²) in [6.07, 6.45) is -5.02. The van der Waals surface area contributed by atoms with E-state index in [1.807, 2.05) is 12.2 Å². The summed E-state index contributed by atoms with van der Waals surface area (Å²) in [5.41, 5.74) is 0. The van der Waals surface area contributed by atoms with Crippen molar-refractivity contribution in [1.29, 1.82) is 0 Å². The van der Waals surface area contributed by atoms with Crippen LogP contribution in [-0.4, -0.2) is 103 Å². The van der Waals surface area contributed by atoms with Gasteiger partial charge in [-0.05, 0) is 32.2 Å². The number of rotatable bonds is 17. The second-order valence-electron chi connectivity index (χ2n) is 10.5. The van der Waals surface area contributed by atoms with Crippen LogP contribution >= 0.6 is 0 Å². The summed E-state index contributed by atoms with van der Waals surface area (Å²) >= 11 is 0. The van der Waals surface area contributed by atoms with Crippen molar-refractivity contribution in [3.63, 3.8) is 0 Å². The number of unbranched alkanes of at least 4 members (excludes halogenated alkanes) is 1. The maximum Gasteiger partial charge on any atom is 0.405 e. The van der Waals surface area contributed by atoms with Gasteiger partial charge in [-0.25, -0.2) is 4.79 Å². The quantitative estimate of drug-likeness (QED) is 0.101. The molecule has 0 unspecified atom stereocenters. The van der Waals surface area contributed by atoms with Crippen molar-refractivity contribution in [2.75, 3.05) is 33.2 Å². The van der Waals surface area contributed by atoms with Crippen molar-refractivity contribution in [2.45, 2.75) is 77.2 Å². The number of carbonyl (C=O) groups is 6. The minimum Gasteiger partial charge on any atom is -0.465 e. The van der Waals surface area contributed by atoms with Crippen LogP contribution < -0.4 is 26.6 Å². The molecular formula is C25H41F3N6O7. The van der Waals surface area contributed by atoms with E-state index in [1.165, 1.54) is 0 Å². The molecular weight excluding hydrogens is 553 g/mol. The Morgan fingerprint density at radius 2 is 1.66 bits per heavy atom. The molecule has 1 saturated heterocycles. The molecule has 0 bridgehead atoms. The molecule has 6 N–H and O–H groups in total. The predicted molar refractivity (Wildman–Crippen MR) is 140 cm³/mol. The Kier molecular flexibility index (Phi) is 14.5. The summed E-state index contributed by atoms with van der Waals surface area (Å²) < 4.78 is 38.3. The Morgan fingerprint density at radius 1 is 1.05 bits per heavy atom. The lowest BCUT2D eigenvalue weighted by Crippen LogP contribution is -2.59. The van der Waals surface area contributed by atoms with Crippen LogP contribution in [0, 0.1) is 11.8 Å². The summed E-state index contributed by atoms with van der Waals surface area (Å²) in [4.78, 5) is 76.0. The fourth-order valence-corrected chi connectivity index (χ4v) is 4.27. The van der Waals surface area contributed by atoms with E-state index in [0.717, 1.165) is 13.5 Å². The van der Waals surface area contributed by atoms with Crippen LogP contribution in [0.25, 0.3) is 0 Å². The molecule has 5 amide bonds. The Hall–Kier alpha value is -3.43. The van der Waals surface area contributed by atoms with Crippen molar-refractivity contribution in [3.05, 3.63) is 0 Å². The maximum absolute atomic E-state index is 13.3. The standard InChI is InChI=1S/C25H41F3N6O7/c1-5-6-8-29-19(35)11-16(20(36)15-7-9-30-21(15)37)31-22(38)17(10-14(2)3)32-23(39)18(33-24(40)41)12-34(4)13-25(26,27)28/h14-18,33H,5-13H2,1-4H3,(H,29,35)(H,30,37)(H,31,38)(H,32,39)(H,40,41)/t15-,16-,17-,18-/m0/s1. The molecule has 1 rings (SSSR count). The minimum absolute atomic E-state index is 0.0171. The molecule has 0 spiro atoms. The van der Waals surface area contributed by atoms with Crippen LogP contribution in [0.3, 0.4) is 0 Å². The maximum atomic E-state index is 13.3. The van der Waals surface area contributed by atoms with Crippen molar-refractivity contribution >= 4 is 35.5 Å². The number of likely N-dealkylation sites (N-methyl/N-ethyl adjacent to an activating group) is 1. The smallest absolute Gasteiger partial charge is 0.405 e. The molecule has 1 heterocycles. The normalized spacial score (nSPS) is 17.4. The number of hydrogen-bond donors (Lipinski definition) is 6. The van der Waals surface area contributed by atoms with Crippen LogP contribution in [0.2, 0.25) is 0 Å². The largest absolute Gasteiger partial charge is 0.465 e. The molecule has 0 aromatic rings. The highest BCUT2D eigenvalue weighted by molar-refractivity contribution is 6.07. The Bertz CT molecular complexity index is 947. The molecule has 0 aromatic carbocycles. The van der Waals surface area contributed by atoms with Crippen molar-refractivity contribution in [1.82, 2.24) is 31.5 Å². The van der Waals surface area contributed by atoms with Gasteiger partial charge in [0.2, 0.25) is 23.6 Å². The van der Waals surface area contributed by atoms with E-state index < -0.39 is 85.2 Å². The summed E-state index contributed by atoms with van der Waals surface area (Å²) in [5.74, 6) is -4.93. The van der Waals surface area contributed by atoms with Crippen LogP contribution in [-0.2, 0) is 24.0 Å². The van der Waals surface area contributed by atoms with Crippen molar-refractivity contribution in [3.8, 4) is 0 Å². The van der Waals surface area contributed by atoms with E-state index in [0.29, 0.717) is 17.9 Å². The first-order chi connectivity index (χ1) is 19.0. The zero-order valence-corrected chi connectivity index (χ0v) is 23.7. The van der Waals surface area contributed by atoms with Crippen LogP contribution in [0.4, 0.5) is 18.0 Å². The zero-order chi connectivity index (χ0) is 31.3. The molecule has 1 aliphatic heterocycles. The average molecular weight is 595 g/mol. The van der Waals surface area contributed by atoms with Gasteiger partial charge in [-0.15, -0.1) is 0 Å². The van der Waals surface area contributed by atoms with Gasteiger partial charge in [0.05, 0.1) is 19.0 Å². The second-order valence-corrected chi connectivity index (χ2v) is 10.5. The van der Waals surface area contributed by atoms with Crippen LogP contribution in [0.15, 0.2) is 0 Å². The fourth-order valence-electron chi connectivity index (χ4n) is 4.27. The van der Waals surface area contributed by atoms with E-state index >= 15 is 0 Å². The van der Waals surface area contributed by atoms with Gasteiger partial charge < -0.3 is 31.7 Å². The lowest BCUT2D eigenvalue weighted by Gasteiger charge is -2.28. The van der Waals surface area contributed by atoms with Crippen LogP contribution in [0.5, 0.6) is 0 Å². The minimum atomic E-state index is -4.60. The van der Waals surface area contributed by atoms with E-state index in [-0.39, 0.29) is 25.3 Å². The monoisotopic (exact) mass is 594 g/mol. The Morgan fingerprint density at radius 3 is 2.17 bits per heavy atom. The SMILES string of the molecule is CCCCNC(=O)C[C@H](NC(=O)[C@H](CC(C)C)NC(=O)[C@H](CN(C)CC(F)(F)F)NC(=O)O)C(=O)[C@@H]1CCNC1=O. The summed E-state index contributed by atoms with van der Waals surface area (Å²) in [5, 5.41) is 21.0. The molecule has 1 fully saturated rings. The third kappa shape index (κ3) is 13.7. The molecule has 13 nitrogen and oxygen atoms in total. The van der Waals surface area contributed by atoms with E-state index in [9.17, 15) is 41.9 Å². The van der Waals surface area contributed by atoms with Crippen molar-refractivity contribution < 1.29 is 47.0 Å². The molecule has 4 atom stereocenters. The molecule has 16 heteroatoms.